The number of nitrogens with zero attached hydrogens (tertiary/aromatic N) is 1. The van der Waals surface area contributed by atoms with Crippen LogP contribution in [0.2, 0.25) is 0 Å². The van der Waals surface area contributed by atoms with Crippen LogP contribution in [0.4, 0.5) is 4.39 Å². The first-order chi connectivity index (χ1) is 10.5. The van der Waals surface area contributed by atoms with E-state index in [0.29, 0.717) is 13.1 Å². The minimum atomic E-state index is -0.332. The van der Waals surface area contributed by atoms with Crippen LogP contribution in [0, 0.1) is 5.82 Å². The van der Waals surface area contributed by atoms with E-state index < -0.39 is 0 Å². The number of carbonyl (C=O) groups is 2. The first kappa shape index (κ1) is 15.0. The van der Waals surface area contributed by atoms with E-state index in [-0.39, 0.29) is 29.1 Å². The molecule has 0 spiro atoms. The van der Waals surface area contributed by atoms with Crippen molar-refractivity contribution in [2.75, 3.05) is 13.1 Å². The topological polar surface area (TPSA) is 49.4 Å². The van der Waals surface area contributed by atoms with Crippen molar-refractivity contribution < 1.29 is 14.0 Å². The second kappa shape index (κ2) is 5.71. The van der Waals surface area contributed by atoms with Crippen molar-refractivity contribution in [2.45, 2.75) is 44.1 Å². The van der Waals surface area contributed by atoms with Crippen molar-refractivity contribution >= 4 is 11.8 Å². The molecule has 1 aromatic rings. The standard InChI is InChI=1S/C17H21FN2O2/c1-12(21)20-10-2-3-15(20)16(22)19-11-17(8-9-17)13-4-6-14(18)7-5-13/h4-7,15H,2-3,8-11H2,1H3,(H,19,22). The third kappa shape index (κ3) is 2.85. The maximum Gasteiger partial charge on any atom is 0.242 e. The Morgan fingerprint density at radius 2 is 2.00 bits per heavy atom. The lowest BCUT2D eigenvalue weighted by molar-refractivity contribution is -0.136. The molecule has 4 nitrogen and oxygen atoms in total. The summed E-state index contributed by atoms with van der Waals surface area (Å²) >= 11 is 0. The van der Waals surface area contributed by atoms with Gasteiger partial charge < -0.3 is 10.2 Å². The molecule has 1 saturated carbocycles. The zero-order chi connectivity index (χ0) is 15.7. The molecule has 22 heavy (non-hydrogen) atoms. The van der Waals surface area contributed by atoms with E-state index in [0.717, 1.165) is 31.2 Å². The fraction of sp³-hybridized carbons (Fsp3) is 0.529. The van der Waals surface area contributed by atoms with Crippen LogP contribution in [0.5, 0.6) is 0 Å². The minimum absolute atomic E-state index is 0.0441. The van der Waals surface area contributed by atoms with E-state index >= 15 is 0 Å². The Hall–Kier alpha value is -1.91. The molecule has 0 radical (unpaired) electrons. The average Bonchev–Trinajstić information content (AvgIpc) is 3.11. The maximum absolute atomic E-state index is 13.0. The van der Waals surface area contributed by atoms with Crippen molar-refractivity contribution in [1.29, 1.82) is 0 Å². The Balaban J connectivity index is 1.61. The Kier molecular flexibility index (Phi) is 3.89. The van der Waals surface area contributed by atoms with E-state index in [4.69, 9.17) is 0 Å². The van der Waals surface area contributed by atoms with Gasteiger partial charge in [-0.15, -0.1) is 0 Å². The van der Waals surface area contributed by atoms with E-state index in [1.165, 1.54) is 19.1 Å². The summed E-state index contributed by atoms with van der Waals surface area (Å²) in [7, 11) is 0. The van der Waals surface area contributed by atoms with Crippen molar-refractivity contribution in [3.05, 3.63) is 35.6 Å². The summed E-state index contributed by atoms with van der Waals surface area (Å²) < 4.78 is 13.0. The summed E-state index contributed by atoms with van der Waals surface area (Å²) in [6.45, 7) is 2.72. The van der Waals surface area contributed by atoms with Crippen LogP contribution in [-0.2, 0) is 15.0 Å². The van der Waals surface area contributed by atoms with Crippen LogP contribution < -0.4 is 5.32 Å². The normalized spacial score (nSPS) is 22.5. The van der Waals surface area contributed by atoms with E-state index in [2.05, 4.69) is 5.32 Å². The fourth-order valence-electron chi connectivity index (χ4n) is 3.31. The van der Waals surface area contributed by atoms with Crippen molar-refractivity contribution in [2.24, 2.45) is 0 Å². The SMILES string of the molecule is CC(=O)N1CCCC1C(=O)NCC1(c2ccc(F)cc2)CC1. The predicted octanol–water partition coefficient (Wildman–Crippen LogP) is 1.98. The Morgan fingerprint density at radius 1 is 1.32 bits per heavy atom. The number of carbonyl (C=O) groups excluding carboxylic acids is 2. The Morgan fingerprint density at radius 3 is 2.59 bits per heavy atom. The summed E-state index contributed by atoms with van der Waals surface area (Å²) in [5, 5.41) is 3.00. The van der Waals surface area contributed by atoms with Gasteiger partial charge in [-0.1, -0.05) is 12.1 Å². The molecule has 0 bridgehead atoms. The van der Waals surface area contributed by atoms with Crippen LogP contribution in [0.3, 0.4) is 0 Å². The monoisotopic (exact) mass is 304 g/mol. The predicted molar refractivity (Wildman–Crippen MR) is 80.7 cm³/mol. The van der Waals surface area contributed by atoms with Crippen molar-refractivity contribution in [1.82, 2.24) is 10.2 Å². The average molecular weight is 304 g/mol. The van der Waals surface area contributed by atoms with E-state index in [1.807, 2.05) is 0 Å². The number of nitrogens with one attached hydrogen (secondary N) is 1. The summed E-state index contributed by atoms with van der Waals surface area (Å²) in [6, 6.07) is 6.19. The lowest BCUT2D eigenvalue weighted by Crippen LogP contribution is -2.46. The van der Waals surface area contributed by atoms with E-state index in [9.17, 15) is 14.0 Å². The van der Waals surface area contributed by atoms with Gasteiger partial charge in [-0.2, -0.15) is 0 Å². The van der Waals surface area contributed by atoms with Gasteiger partial charge >= 0.3 is 0 Å². The molecule has 1 atom stereocenters. The first-order valence-corrected chi connectivity index (χ1v) is 7.83. The summed E-state index contributed by atoms with van der Waals surface area (Å²) in [4.78, 5) is 25.5. The fourth-order valence-corrected chi connectivity index (χ4v) is 3.31. The molecule has 1 heterocycles. The third-order valence-electron chi connectivity index (χ3n) is 4.87. The Labute approximate surface area is 129 Å². The zero-order valence-corrected chi connectivity index (χ0v) is 12.8. The molecular formula is C17H21FN2O2. The number of amides is 2. The lowest BCUT2D eigenvalue weighted by atomic mass is 9.96. The van der Waals surface area contributed by atoms with Gasteiger partial charge in [0.2, 0.25) is 11.8 Å². The summed E-state index contributed by atoms with van der Waals surface area (Å²) in [6.07, 6.45) is 3.61. The molecule has 1 aliphatic heterocycles. The van der Waals surface area contributed by atoms with Gasteiger partial charge in [-0.25, -0.2) is 4.39 Å². The molecule has 2 fully saturated rings. The van der Waals surface area contributed by atoms with Crippen LogP contribution >= 0.6 is 0 Å². The molecule has 118 valence electrons. The molecule has 0 aromatic heterocycles. The molecule has 2 aliphatic rings. The van der Waals surface area contributed by atoms with Gasteiger partial charge in [-0.3, -0.25) is 9.59 Å². The smallest absolute Gasteiger partial charge is 0.242 e. The first-order valence-electron chi connectivity index (χ1n) is 7.83. The molecule has 1 unspecified atom stereocenters. The van der Waals surface area contributed by atoms with Crippen LogP contribution in [0.25, 0.3) is 0 Å². The molecule has 3 rings (SSSR count). The highest BCUT2D eigenvalue weighted by molar-refractivity contribution is 5.87. The largest absolute Gasteiger partial charge is 0.353 e. The summed E-state index contributed by atoms with van der Waals surface area (Å²) in [5.41, 5.74) is 1.02. The molecular weight excluding hydrogens is 283 g/mol. The highest BCUT2D eigenvalue weighted by Gasteiger charge is 2.45. The maximum atomic E-state index is 13.0. The molecule has 5 heteroatoms. The van der Waals surface area contributed by atoms with Crippen molar-refractivity contribution in [3.63, 3.8) is 0 Å². The van der Waals surface area contributed by atoms with Gasteiger partial charge in [0, 0.05) is 25.4 Å². The third-order valence-corrected chi connectivity index (χ3v) is 4.87. The van der Waals surface area contributed by atoms with Crippen molar-refractivity contribution in [3.8, 4) is 0 Å². The van der Waals surface area contributed by atoms with Gasteiger partial charge in [0.25, 0.3) is 0 Å². The van der Waals surface area contributed by atoms with Gasteiger partial charge in [0.1, 0.15) is 11.9 Å². The number of hydrogen-bond acceptors (Lipinski definition) is 2. The quantitative estimate of drug-likeness (QED) is 0.925. The van der Waals surface area contributed by atoms with Gasteiger partial charge in [-0.05, 0) is 43.4 Å². The second-order valence-electron chi connectivity index (χ2n) is 6.38. The molecule has 1 saturated heterocycles. The number of halogens is 1. The molecule has 2 amide bonds. The number of hydrogen-bond donors (Lipinski definition) is 1. The van der Waals surface area contributed by atoms with Crippen LogP contribution in [-0.4, -0.2) is 35.8 Å². The lowest BCUT2D eigenvalue weighted by Gasteiger charge is -2.24. The zero-order valence-electron chi connectivity index (χ0n) is 12.8. The number of likely N-dealkylation sites (tertiary alicyclic amines) is 1. The van der Waals surface area contributed by atoms with Gasteiger partial charge in [0.15, 0.2) is 0 Å². The summed E-state index contributed by atoms with van der Waals surface area (Å²) in [5.74, 6) is -0.356. The highest BCUT2D eigenvalue weighted by Crippen LogP contribution is 2.47. The second-order valence-corrected chi connectivity index (χ2v) is 6.38. The molecule has 1 N–H and O–H groups in total. The van der Waals surface area contributed by atoms with E-state index in [1.54, 1.807) is 17.0 Å². The van der Waals surface area contributed by atoms with Crippen LogP contribution in [0.1, 0.15) is 38.2 Å². The Bertz CT molecular complexity index is 581. The molecule has 1 aliphatic carbocycles. The number of benzene rings is 1. The van der Waals surface area contributed by atoms with Crippen LogP contribution in [0.15, 0.2) is 24.3 Å². The number of rotatable bonds is 4. The molecule has 1 aromatic carbocycles. The highest BCUT2D eigenvalue weighted by atomic mass is 19.1. The minimum Gasteiger partial charge on any atom is -0.353 e. The van der Waals surface area contributed by atoms with Gasteiger partial charge in [0.05, 0.1) is 0 Å².